The van der Waals surface area contributed by atoms with Gasteiger partial charge in [-0.25, -0.2) is 4.79 Å². The molecular weight excluding hydrogens is 236 g/mol. The second kappa shape index (κ2) is 5.70. The van der Waals surface area contributed by atoms with E-state index >= 15 is 0 Å². The van der Waals surface area contributed by atoms with Crippen LogP contribution >= 0.6 is 0 Å². The summed E-state index contributed by atoms with van der Waals surface area (Å²) in [4.78, 5) is 11.7. The Morgan fingerprint density at radius 3 is 2.42 bits per heavy atom. The molecule has 0 saturated carbocycles. The maximum atomic E-state index is 11.7. The summed E-state index contributed by atoms with van der Waals surface area (Å²) in [6.45, 7) is 6.31. The highest BCUT2D eigenvalue weighted by molar-refractivity contribution is 5.90. The number of rotatable bonds is 3. The van der Waals surface area contributed by atoms with Crippen molar-refractivity contribution in [2.24, 2.45) is 0 Å². The Balaban J connectivity index is 2.40. The van der Waals surface area contributed by atoms with Crippen molar-refractivity contribution in [2.45, 2.75) is 20.8 Å². The van der Waals surface area contributed by atoms with E-state index in [2.05, 4.69) is 38.1 Å². The summed E-state index contributed by atoms with van der Waals surface area (Å²) in [5.41, 5.74) is 5.00. The van der Waals surface area contributed by atoms with Crippen LogP contribution in [0.1, 0.15) is 28.4 Å². The van der Waals surface area contributed by atoms with Crippen LogP contribution in [0.3, 0.4) is 0 Å². The van der Waals surface area contributed by atoms with E-state index < -0.39 is 0 Å². The van der Waals surface area contributed by atoms with E-state index in [1.54, 1.807) is 13.0 Å². The van der Waals surface area contributed by atoms with E-state index in [9.17, 15) is 4.79 Å². The standard InChI is InChI=1S/C17H17O2/c1-4-19-17(18)15-7-5-6-14(11-15)16-9-12(2)8-13(3)10-16/h5-6,8-11H,4H2,1-3H3. The van der Waals surface area contributed by atoms with E-state index in [-0.39, 0.29) is 5.97 Å². The van der Waals surface area contributed by atoms with Gasteiger partial charge in [-0.2, -0.15) is 0 Å². The summed E-state index contributed by atoms with van der Waals surface area (Å²) in [6, 6.07) is 14.8. The van der Waals surface area contributed by atoms with Crippen molar-refractivity contribution in [3.8, 4) is 11.1 Å². The molecule has 1 radical (unpaired) electrons. The molecule has 0 amide bonds. The van der Waals surface area contributed by atoms with Gasteiger partial charge in [0.15, 0.2) is 0 Å². The molecule has 0 bridgehead atoms. The fourth-order valence-electron chi connectivity index (χ4n) is 2.11. The van der Waals surface area contributed by atoms with Crippen LogP contribution in [0.2, 0.25) is 0 Å². The van der Waals surface area contributed by atoms with Crippen LogP contribution in [0.15, 0.2) is 36.4 Å². The smallest absolute Gasteiger partial charge is 0.338 e. The van der Waals surface area contributed by atoms with Crippen LogP contribution in [0.4, 0.5) is 0 Å². The van der Waals surface area contributed by atoms with Crippen LogP contribution < -0.4 is 0 Å². The summed E-state index contributed by atoms with van der Waals surface area (Å²) in [7, 11) is 0. The van der Waals surface area contributed by atoms with Crippen molar-refractivity contribution in [3.63, 3.8) is 0 Å². The third-order valence-corrected chi connectivity index (χ3v) is 2.85. The zero-order valence-corrected chi connectivity index (χ0v) is 11.5. The second-order valence-corrected chi connectivity index (χ2v) is 4.59. The molecule has 0 N–H and O–H groups in total. The van der Waals surface area contributed by atoms with Gasteiger partial charge in [-0.15, -0.1) is 0 Å². The van der Waals surface area contributed by atoms with E-state index in [1.165, 1.54) is 11.1 Å². The molecule has 0 heterocycles. The van der Waals surface area contributed by atoms with Gasteiger partial charge in [0.1, 0.15) is 0 Å². The van der Waals surface area contributed by atoms with Crippen LogP contribution in [-0.4, -0.2) is 12.6 Å². The van der Waals surface area contributed by atoms with Crippen molar-refractivity contribution < 1.29 is 9.53 Å². The zero-order chi connectivity index (χ0) is 13.8. The summed E-state index contributed by atoms with van der Waals surface area (Å²) >= 11 is 0. The number of esters is 1. The lowest BCUT2D eigenvalue weighted by Gasteiger charge is -2.07. The number of ether oxygens (including phenoxy) is 1. The lowest BCUT2D eigenvalue weighted by atomic mass is 9.99. The highest BCUT2D eigenvalue weighted by Gasteiger charge is 2.08. The molecule has 2 aromatic rings. The third-order valence-electron chi connectivity index (χ3n) is 2.85. The largest absolute Gasteiger partial charge is 0.462 e. The Morgan fingerprint density at radius 2 is 1.79 bits per heavy atom. The Kier molecular flexibility index (Phi) is 4.00. The lowest BCUT2D eigenvalue weighted by Crippen LogP contribution is -2.04. The highest BCUT2D eigenvalue weighted by Crippen LogP contribution is 2.23. The van der Waals surface area contributed by atoms with Crippen molar-refractivity contribution in [1.29, 1.82) is 0 Å². The van der Waals surface area contributed by atoms with Gasteiger partial charge in [-0.05, 0) is 44.0 Å². The van der Waals surface area contributed by atoms with Gasteiger partial charge >= 0.3 is 5.97 Å². The minimum atomic E-state index is -0.325. The Labute approximate surface area is 114 Å². The number of carbonyl (C=O) groups excluding carboxylic acids is 1. The van der Waals surface area contributed by atoms with Crippen LogP contribution in [-0.2, 0) is 4.74 Å². The van der Waals surface area contributed by atoms with E-state index in [0.717, 1.165) is 11.1 Å². The molecule has 2 aromatic carbocycles. The quantitative estimate of drug-likeness (QED) is 0.774. The molecule has 97 valence electrons. The molecule has 2 heteroatoms. The summed E-state index contributed by atoms with van der Waals surface area (Å²) < 4.78 is 5.00. The minimum Gasteiger partial charge on any atom is -0.462 e. The van der Waals surface area contributed by atoms with Crippen molar-refractivity contribution in [3.05, 3.63) is 59.2 Å². The molecule has 0 saturated heterocycles. The van der Waals surface area contributed by atoms with E-state index in [4.69, 9.17) is 4.74 Å². The second-order valence-electron chi connectivity index (χ2n) is 4.59. The number of hydrogen-bond donors (Lipinski definition) is 0. The first kappa shape index (κ1) is 13.3. The summed E-state index contributed by atoms with van der Waals surface area (Å²) in [5.74, 6) is -0.325. The SMILES string of the molecule is CCOC(=O)c1[c]ccc(-c2cc(C)cc(C)c2)c1. The van der Waals surface area contributed by atoms with Gasteiger partial charge in [-0.3, -0.25) is 0 Å². The van der Waals surface area contributed by atoms with Gasteiger partial charge in [-0.1, -0.05) is 41.5 Å². The topological polar surface area (TPSA) is 26.3 Å². The van der Waals surface area contributed by atoms with Gasteiger partial charge in [0.25, 0.3) is 0 Å². The fraction of sp³-hybridized carbons (Fsp3) is 0.235. The molecule has 2 nitrogen and oxygen atoms in total. The molecule has 0 unspecified atom stereocenters. The van der Waals surface area contributed by atoms with Crippen molar-refractivity contribution >= 4 is 5.97 Å². The molecule has 0 fully saturated rings. The molecule has 0 aromatic heterocycles. The predicted molar refractivity (Wildman–Crippen MR) is 76.1 cm³/mol. The normalized spacial score (nSPS) is 10.3. The molecular formula is C17H17O2. The number of aryl methyl sites for hydroxylation is 2. The molecule has 0 spiro atoms. The van der Waals surface area contributed by atoms with Crippen molar-refractivity contribution in [2.75, 3.05) is 6.61 Å². The van der Waals surface area contributed by atoms with E-state index in [1.807, 2.05) is 12.1 Å². The number of carbonyl (C=O) groups is 1. The molecule has 19 heavy (non-hydrogen) atoms. The van der Waals surface area contributed by atoms with Crippen LogP contribution in [0, 0.1) is 19.9 Å². The molecule has 0 atom stereocenters. The monoisotopic (exact) mass is 253 g/mol. The molecule has 2 rings (SSSR count). The number of benzene rings is 2. The first-order chi connectivity index (χ1) is 9.10. The Morgan fingerprint density at radius 1 is 1.11 bits per heavy atom. The first-order valence-corrected chi connectivity index (χ1v) is 6.37. The fourth-order valence-corrected chi connectivity index (χ4v) is 2.11. The Hall–Kier alpha value is -2.09. The van der Waals surface area contributed by atoms with E-state index in [0.29, 0.717) is 12.2 Å². The first-order valence-electron chi connectivity index (χ1n) is 6.37. The van der Waals surface area contributed by atoms with Crippen LogP contribution in [0.5, 0.6) is 0 Å². The zero-order valence-electron chi connectivity index (χ0n) is 11.5. The molecule has 0 aliphatic heterocycles. The van der Waals surface area contributed by atoms with Gasteiger partial charge in [0, 0.05) is 0 Å². The third kappa shape index (κ3) is 3.22. The average Bonchev–Trinajstić information content (AvgIpc) is 2.38. The number of hydrogen-bond acceptors (Lipinski definition) is 2. The maximum absolute atomic E-state index is 11.7. The predicted octanol–water partition coefficient (Wildman–Crippen LogP) is 3.95. The summed E-state index contributed by atoms with van der Waals surface area (Å²) in [5, 5.41) is 0. The maximum Gasteiger partial charge on any atom is 0.338 e. The molecule has 0 aliphatic carbocycles. The van der Waals surface area contributed by atoms with Gasteiger partial charge in [0.2, 0.25) is 0 Å². The molecule has 0 aliphatic rings. The lowest BCUT2D eigenvalue weighted by molar-refractivity contribution is 0.0526. The summed E-state index contributed by atoms with van der Waals surface area (Å²) in [6.07, 6.45) is 0. The Bertz CT molecular complexity index is 580. The van der Waals surface area contributed by atoms with Crippen molar-refractivity contribution in [1.82, 2.24) is 0 Å². The minimum absolute atomic E-state index is 0.325. The van der Waals surface area contributed by atoms with Gasteiger partial charge < -0.3 is 4.74 Å². The highest BCUT2D eigenvalue weighted by atomic mass is 16.5. The average molecular weight is 253 g/mol. The van der Waals surface area contributed by atoms with Gasteiger partial charge in [0.05, 0.1) is 12.2 Å². The van der Waals surface area contributed by atoms with Crippen LogP contribution in [0.25, 0.3) is 11.1 Å².